The number of allylic oxidation sites excluding steroid dienone is 3. The lowest BCUT2D eigenvalue weighted by Crippen LogP contribution is -2.05. The van der Waals surface area contributed by atoms with Crippen molar-refractivity contribution < 1.29 is 0 Å². The van der Waals surface area contributed by atoms with E-state index in [2.05, 4.69) is 62.5 Å². The monoisotopic (exact) mass is 229 g/mol. The van der Waals surface area contributed by atoms with E-state index in [-0.39, 0.29) is 0 Å². The molecule has 1 aromatic carbocycles. The highest BCUT2D eigenvalue weighted by atomic mass is 14.8. The molecule has 0 heterocycles. The van der Waals surface area contributed by atoms with Gasteiger partial charge in [-0.05, 0) is 31.4 Å². The summed E-state index contributed by atoms with van der Waals surface area (Å²) in [6.45, 7) is 6.55. The van der Waals surface area contributed by atoms with Gasteiger partial charge in [0.25, 0.3) is 0 Å². The van der Waals surface area contributed by atoms with Crippen LogP contribution in [0.1, 0.15) is 37.8 Å². The fraction of sp³-hybridized carbons (Fsp3) is 0.375. The van der Waals surface area contributed by atoms with E-state index in [1.54, 1.807) is 0 Å². The lowest BCUT2D eigenvalue weighted by Gasteiger charge is -2.09. The summed E-state index contributed by atoms with van der Waals surface area (Å²) < 4.78 is 0. The van der Waals surface area contributed by atoms with Crippen LogP contribution in [-0.4, -0.2) is 7.05 Å². The van der Waals surface area contributed by atoms with Crippen LogP contribution in [0.2, 0.25) is 0 Å². The maximum atomic E-state index is 3.28. The smallest absolute Gasteiger partial charge is 0.0413 e. The molecule has 1 N–H and O–H groups in total. The fourth-order valence-corrected chi connectivity index (χ4v) is 1.87. The van der Waals surface area contributed by atoms with Crippen molar-refractivity contribution in [2.45, 2.75) is 33.6 Å². The Hall–Kier alpha value is -1.50. The van der Waals surface area contributed by atoms with Gasteiger partial charge in [-0.15, -0.1) is 0 Å². The fourth-order valence-electron chi connectivity index (χ4n) is 1.87. The lowest BCUT2D eigenvalue weighted by atomic mass is 10.0. The van der Waals surface area contributed by atoms with Gasteiger partial charge in [-0.3, -0.25) is 0 Å². The molecule has 1 aromatic rings. The number of hydrogen-bond acceptors (Lipinski definition) is 1. The number of aryl methyl sites for hydroxylation is 1. The van der Waals surface area contributed by atoms with Gasteiger partial charge in [0.2, 0.25) is 0 Å². The summed E-state index contributed by atoms with van der Waals surface area (Å²) in [6.07, 6.45) is 6.67. The van der Waals surface area contributed by atoms with E-state index >= 15 is 0 Å². The third kappa shape index (κ3) is 3.77. The van der Waals surface area contributed by atoms with Crippen LogP contribution < -0.4 is 5.32 Å². The highest BCUT2D eigenvalue weighted by Gasteiger charge is 2.01. The predicted molar refractivity (Wildman–Crippen MR) is 76.9 cm³/mol. The quantitative estimate of drug-likeness (QED) is 0.742. The minimum atomic E-state index is 1.12. The van der Waals surface area contributed by atoms with Gasteiger partial charge in [-0.25, -0.2) is 0 Å². The van der Waals surface area contributed by atoms with E-state index in [0.717, 1.165) is 12.8 Å². The summed E-state index contributed by atoms with van der Waals surface area (Å²) in [5, 5.41) is 3.28. The largest absolute Gasteiger partial charge is 0.388 e. The van der Waals surface area contributed by atoms with Crippen LogP contribution in [0.4, 0.5) is 0 Å². The van der Waals surface area contributed by atoms with E-state index < -0.39 is 0 Å². The molecule has 1 heteroatoms. The van der Waals surface area contributed by atoms with E-state index in [9.17, 15) is 0 Å². The van der Waals surface area contributed by atoms with Crippen LogP contribution in [0, 0.1) is 6.92 Å². The molecule has 92 valence electrons. The Morgan fingerprint density at radius 1 is 1.12 bits per heavy atom. The first-order chi connectivity index (χ1) is 8.22. The maximum absolute atomic E-state index is 3.28. The van der Waals surface area contributed by atoms with E-state index in [0.29, 0.717) is 0 Å². The van der Waals surface area contributed by atoms with Crippen molar-refractivity contribution in [2.24, 2.45) is 0 Å². The molecule has 0 atom stereocenters. The number of rotatable bonds is 5. The molecule has 0 aliphatic carbocycles. The van der Waals surface area contributed by atoms with Gasteiger partial charge >= 0.3 is 0 Å². The first-order valence-electron chi connectivity index (χ1n) is 6.36. The molecular weight excluding hydrogens is 206 g/mol. The Kier molecular flexibility index (Phi) is 5.55. The normalized spacial score (nSPS) is 11.2. The van der Waals surface area contributed by atoms with Gasteiger partial charge in [0.15, 0.2) is 0 Å². The van der Waals surface area contributed by atoms with E-state index in [1.807, 2.05) is 7.05 Å². The molecule has 1 nitrogen and oxygen atoms in total. The van der Waals surface area contributed by atoms with Gasteiger partial charge in [0, 0.05) is 18.3 Å². The number of benzene rings is 1. The summed E-state index contributed by atoms with van der Waals surface area (Å²) in [6, 6.07) is 8.46. The molecule has 17 heavy (non-hydrogen) atoms. The van der Waals surface area contributed by atoms with Crippen molar-refractivity contribution in [1.29, 1.82) is 0 Å². The minimum absolute atomic E-state index is 1.12. The van der Waals surface area contributed by atoms with E-state index in [4.69, 9.17) is 0 Å². The molecule has 0 spiro atoms. The van der Waals surface area contributed by atoms with Crippen molar-refractivity contribution in [1.82, 2.24) is 5.32 Å². The molecule has 0 fully saturated rings. The van der Waals surface area contributed by atoms with E-state index in [1.165, 1.54) is 22.4 Å². The van der Waals surface area contributed by atoms with Gasteiger partial charge in [0.1, 0.15) is 0 Å². The second kappa shape index (κ2) is 6.95. The van der Waals surface area contributed by atoms with Crippen molar-refractivity contribution in [2.75, 3.05) is 7.05 Å². The zero-order valence-electron chi connectivity index (χ0n) is 11.4. The molecule has 0 aromatic heterocycles. The van der Waals surface area contributed by atoms with Gasteiger partial charge in [-0.1, -0.05) is 49.8 Å². The predicted octanol–water partition coefficient (Wildman–Crippen LogP) is 4.30. The number of hydrogen-bond donors (Lipinski definition) is 1. The van der Waals surface area contributed by atoms with Crippen molar-refractivity contribution in [3.63, 3.8) is 0 Å². The summed E-state index contributed by atoms with van der Waals surface area (Å²) >= 11 is 0. The van der Waals surface area contributed by atoms with Crippen LogP contribution in [-0.2, 0) is 0 Å². The van der Waals surface area contributed by atoms with Crippen LogP contribution in [0.5, 0.6) is 0 Å². The average molecular weight is 229 g/mol. The summed E-state index contributed by atoms with van der Waals surface area (Å²) in [4.78, 5) is 0. The molecule has 0 saturated carbocycles. The number of nitrogens with one attached hydrogen (secondary N) is 1. The molecular formula is C16H23N. The molecule has 0 radical (unpaired) electrons. The van der Waals surface area contributed by atoms with Gasteiger partial charge < -0.3 is 5.32 Å². The second-order valence-electron chi connectivity index (χ2n) is 4.18. The average Bonchev–Trinajstić information content (AvgIpc) is 2.36. The Morgan fingerprint density at radius 3 is 2.29 bits per heavy atom. The maximum Gasteiger partial charge on any atom is 0.0413 e. The SMILES string of the molecule is CCC(=C/C=C(\NC)c1ccccc1C)CC. The molecule has 0 aliphatic rings. The Morgan fingerprint density at radius 2 is 1.76 bits per heavy atom. The zero-order chi connectivity index (χ0) is 12.7. The Labute approximate surface area is 105 Å². The first-order valence-corrected chi connectivity index (χ1v) is 6.36. The van der Waals surface area contributed by atoms with Gasteiger partial charge in [-0.2, -0.15) is 0 Å². The molecule has 0 aliphatic heterocycles. The summed E-state index contributed by atoms with van der Waals surface area (Å²) in [7, 11) is 1.98. The van der Waals surface area contributed by atoms with Crippen LogP contribution in [0.15, 0.2) is 42.0 Å². The summed E-state index contributed by atoms with van der Waals surface area (Å²) in [5.74, 6) is 0. The van der Waals surface area contributed by atoms with Crippen molar-refractivity contribution in [3.8, 4) is 0 Å². The van der Waals surface area contributed by atoms with Crippen molar-refractivity contribution >= 4 is 5.70 Å². The van der Waals surface area contributed by atoms with Gasteiger partial charge in [0.05, 0.1) is 0 Å². The highest BCUT2D eigenvalue weighted by molar-refractivity contribution is 5.67. The first kappa shape index (κ1) is 13.6. The minimum Gasteiger partial charge on any atom is -0.388 e. The third-order valence-corrected chi connectivity index (χ3v) is 3.10. The van der Waals surface area contributed by atoms with Crippen LogP contribution in [0.25, 0.3) is 5.70 Å². The second-order valence-corrected chi connectivity index (χ2v) is 4.18. The zero-order valence-corrected chi connectivity index (χ0v) is 11.4. The molecule has 0 bridgehead atoms. The topological polar surface area (TPSA) is 12.0 Å². The lowest BCUT2D eigenvalue weighted by molar-refractivity contribution is 0.977. The van der Waals surface area contributed by atoms with Crippen LogP contribution in [0.3, 0.4) is 0 Å². The Balaban J connectivity index is 3.04. The summed E-state index contributed by atoms with van der Waals surface area (Å²) in [5.41, 5.74) is 5.24. The standard InChI is InChI=1S/C16H23N/c1-5-14(6-2)11-12-16(17-4)15-10-8-7-9-13(15)3/h7-12,17H,5-6H2,1-4H3/b16-12-. The molecule has 0 amide bonds. The molecule has 0 saturated heterocycles. The molecule has 0 unspecified atom stereocenters. The van der Waals surface area contributed by atoms with Crippen LogP contribution >= 0.6 is 0 Å². The highest BCUT2D eigenvalue weighted by Crippen LogP contribution is 2.17. The molecule has 1 rings (SSSR count). The van der Waals surface area contributed by atoms with Crippen molar-refractivity contribution in [3.05, 3.63) is 53.1 Å². The third-order valence-electron chi connectivity index (χ3n) is 3.10. The Bertz CT molecular complexity index is 407.